The second-order valence-corrected chi connectivity index (χ2v) is 5.41. The fourth-order valence-corrected chi connectivity index (χ4v) is 1.86. The summed E-state index contributed by atoms with van der Waals surface area (Å²) in [4.78, 5) is 0. The van der Waals surface area contributed by atoms with E-state index in [0.717, 1.165) is 0 Å². The normalized spacial score (nSPS) is 17.2. The average Bonchev–Trinajstić information content (AvgIpc) is 1.62. The Morgan fingerprint density at radius 3 is 1.89 bits per heavy atom. The summed E-state index contributed by atoms with van der Waals surface area (Å²) in [6.45, 7) is 1.29. The van der Waals surface area contributed by atoms with Crippen molar-refractivity contribution < 1.29 is 9.67 Å². The second kappa shape index (κ2) is 3.36. The van der Waals surface area contributed by atoms with Crippen LogP contribution in [0.15, 0.2) is 0 Å². The Morgan fingerprint density at radius 2 is 1.89 bits per heavy atom. The van der Waals surface area contributed by atoms with Crippen LogP contribution in [0.25, 0.3) is 0 Å². The summed E-state index contributed by atoms with van der Waals surface area (Å²) in [5.74, 6) is -1.38. The van der Waals surface area contributed by atoms with Crippen LogP contribution in [0.1, 0.15) is 0 Å². The topological polar surface area (TPSA) is 37.3 Å². The molecule has 0 spiro atoms. The van der Waals surface area contributed by atoms with Crippen LogP contribution >= 0.6 is 42.6 Å². The minimum Gasteiger partial charge on any atom is -0.348 e. The van der Waals surface area contributed by atoms with Crippen LogP contribution in [0.5, 0.6) is 0 Å². The van der Waals surface area contributed by atoms with E-state index in [1.54, 1.807) is 0 Å². The van der Waals surface area contributed by atoms with Gasteiger partial charge >= 0.3 is 7.80 Å². The van der Waals surface area contributed by atoms with Crippen LogP contribution in [0, 0.1) is 0 Å². The Labute approximate surface area is 68.9 Å². The lowest BCUT2D eigenvalue weighted by Crippen LogP contribution is -2.20. The Bertz CT molecular complexity index is 121. The lowest BCUT2D eigenvalue weighted by molar-refractivity contribution is 0.257. The molecule has 0 aliphatic rings. The first-order valence-corrected chi connectivity index (χ1v) is 4.91. The van der Waals surface area contributed by atoms with Crippen molar-refractivity contribution in [2.75, 3.05) is 6.66 Å². The molecule has 6 heteroatoms. The van der Waals surface area contributed by atoms with Gasteiger partial charge in [-0.1, -0.05) is 39.4 Å². The van der Waals surface area contributed by atoms with Gasteiger partial charge in [-0.3, -0.25) is 0 Å². The van der Waals surface area contributed by atoms with E-state index in [0.29, 0.717) is 0 Å². The maximum Gasteiger partial charge on any atom is 0.371 e. The first-order valence-electron chi connectivity index (χ1n) is 2.00. The van der Waals surface area contributed by atoms with Crippen molar-refractivity contribution in [2.24, 2.45) is 0 Å². The molecule has 54 valence electrons. The molecule has 0 aromatic carbocycles. The smallest absolute Gasteiger partial charge is 0.348 e. The Balaban J connectivity index is 4.04. The molecule has 0 heterocycles. The lowest BCUT2D eigenvalue weighted by Gasteiger charge is -2.07. The molecule has 0 aliphatic carbocycles. The van der Waals surface area contributed by atoms with E-state index in [-0.39, 0.29) is 0 Å². The first-order chi connectivity index (χ1) is 3.85. The zero-order valence-electron chi connectivity index (χ0n) is 4.51. The van der Waals surface area contributed by atoms with Gasteiger partial charge in [0.05, 0.1) is 0 Å². The molecule has 2 nitrogen and oxygen atoms in total. The molecule has 0 saturated heterocycles. The Kier molecular flexibility index (Phi) is 3.71. The summed E-state index contributed by atoms with van der Waals surface area (Å²) in [7, 11) is -1.84. The Hall–Kier alpha value is 0.930. The van der Waals surface area contributed by atoms with E-state index in [1.165, 1.54) is 6.66 Å². The number of hydrogen-bond acceptors (Lipinski definition) is 2. The molecule has 0 radical (unpaired) electrons. The number of rotatable bonds is 1. The number of alkyl halides is 3. The van der Waals surface area contributed by atoms with E-state index >= 15 is 0 Å². The molecule has 0 bridgehead atoms. The van der Waals surface area contributed by atoms with E-state index in [9.17, 15) is 4.57 Å². The van der Waals surface area contributed by atoms with E-state index < -0.39 is 17.4 Å². The van der Waals surface area contributed by atoms with Crippen molar-refractivity contribution in [2.45, 2.75) is 9.64 Å². The molecular weight excluding hydrogens is 205 g/mol. The number of halogens is 3. The van der Waals surface area contributed by atoms with Gasteiger partial charge in [0.15, 0.2) is 0 Å². The van der Waals surface area contributed by atoms with Gasteiger partial charge in [0.2, 0.25) is 0 Å². The summed E-state index contributed by atoms with van der Waals surface area (Å²) in [6, 6.07) is 0. The molecule has 0 rings (SSSR count). The fourth-order valence-electron chi connectivity index (χ4n) is 0.206. The van der Waals surface area contributed by atoms with Crippen molar-refractivity contribution in [3.05, 3.63) is 0 Å². The van der Waals surface area contributed by atoms with Crippen molar-refractivity contribution in [1.29, 1.82) is 0 Å². The third kappa shape index (κ3) is 3.59. The average molecular weight is 210 g/mol. The monoisotopic (exact) mass is 209 g/mol. The van der Waals surface area contributed by atoms with Crippen LogP contribution in [-0.2, 0) is 4.57 Å². The highest BCUT2D eigenvalue weighted by molar-refractivity contribution is 7.45. The molecule has 0 aromatic rings. The summed E-state index contributed by atoms with van der Waals surface area (Å²) in [5.41, 5.74) is 0. The van der Waals surface area contributed by atoms with E-state index in [2.05, 4.69) is 0 Å². The van der Waals surface area contributed by atoms with Gasteiger partial charge in [-0.25, -0.2) is 0 Å². The maximum absolute atomic E-state index is 10.4. The minimum atomic E-state index is -1.84. The fraction of sp³-hybridized carbons (Fsp3) is 1.00. The molecule has 0 saturated carbocycles. The molecule has 1 N–H and O–H groups in total. The van der Waals surface area contributed by atoms with Gasteiger partial charge in [0.1, 0.15) is 6.66 Å². The summed E-state index contributed by atoms with van der Waals surface area (Å²) in [5, 5.41) is 8.78. The highest BCUT2D eigenvalue weighted by Gasteiger charge is 2.42. The van der Waals surface area contributed by atoms with Crippen molar-refractivity contribution in [3.8, 4) is 0 Å². The summed E-state index contributed by atoms with van der Waals surface area (Å²) in [6.07, 6.45) is 0. The molecule has 0 amide bonds. The largest absolute Gasteiger partial charge is 0.371 e. The standard InChI is InChI=1S/C3H5Cl3O2P/c1-9(8)2(7)3(4,5)6/h2,7H,1H3/q+1. The van der Waals surface area contributed by atoms with Gasteiger partial charge in [-0.05, 0) is 0 Å². The first kappa shape index (κ1) is 9.93. The van der Waals surface area contributed by atoms with Crippen molar-refractivity contribution in [3.63, 3.8) is 0 Å². The van der Waals surface area contributed by atoms with Crippen LogP contribution in [0.4, 0.5) is 0 Å². The third-order valence-electron chi connectivity index (χ3n) is 0.637. The third-order valence-corrected chi connectivity index (χ3v) is 2.79. The second-order valence-electron chi connectivity index (χ2n) is 1.46. The highest BCUT2D eigenvalue weighted by atomic mass is 35.6. The summed E-state index contributed by atoms with van der Waals surface area (Å²) < 4.78 is 8.60. The van der Waals surface area contributed by atoms with Gasteiger partial charge in [-0.2, -0.15) is 0 Å². The molecule has 0 aliphatic heterocycles. The van der Waals surface area contributed by atoms with Gasteiger partial charge in [0, 0.05) is 0 Å². The van der Waals surface area contributed by atoms with Crippen LogP contribution < -0.4 is 0 Å². The van der Waals surface area contributed by atoms with E-state index in [1.807, 2.05) is 0 Å². The number of hydrogen-bond donors (Lipinski definition) is 1. The summed E-state index contributed by atoms with van der Waals surface area (Å²) >= 11 is 15.5. The van der Waals surface area contributed by atoms with Crippen LogP contribution in [-0.4, -0.2) is 21.4 Å². The molecule has 0 fully saturated rings. The minimum absolute atomic E-state index is 1.29. The quantitative estimate of drug-likeness (QED) is 0.532. The predicted octanol–water partition coefficient (Wildman–Crippen LogP) is 2.13. The zero-order valence-corrected chi connectivity index (χ0v) is 7.68. The zero-order chi connectivity index (χ0) is 7.65. The van der Waals surface area contributed by atoms with E-state index in [4.69, 9.17) is 39.9 Å². The molecule has 0 aromatic heterocycles. The maximum atomic E-state index is 10.4. The van der Waals surface area contributed by atoms with Crippen LogP contribution in [0.3, 0.4) is 0 Å². The van der Waals surface area contributed by atoms with Gasteiger partial charge < -0.3 is 5.11 Å². The SMILES string of the molecule is C[P+](=O)C(O)C(Cl)(Cl)Cl. The predicted molar refractivity (Wildman–Crippen MR) is 39.8 cm³/mol. The van der Waals surface area contributed by atoms with Gasteiger partial charge in [-0.15, -0.1) is 0 Å². The Morgan fingerprint density at radius 1 is 1.56 bits per heavy atom. The molecule has 2 atom stereocenters. The number of aliphatic hydroxyl groups is 1. The highest BCUT2D eigenvalue weighted by Crippen LogP contribution is 2.40. The number of aliphatic hydroxyl groups excluding tert-OH is 1. The van der Waals surface area contributed by atoms with Crippen molar-refractivity contribution >= 4 is 42.6 Å². The van der Waals surface area contributed by atoms with Crippen LogP contribution in [0.2, 0.25) is 0 Å². The van der Waals surface area contributed by atoms with Gasteiger partial charge in [0.25, 0.3) is 9.64 Å². The lowest BCUT2D eigenvalue weighted by atomic mass is 10.8. The van der Waals surface area contributed by atoms with Crippen molar-refractivity contribution in [1.82, 2.24) is 0 Å². The molecule has 2 unspecified atom stereocenters. The molecular formula is C3H5Cl3O2P+. The molecule has 9 heavy (non-hydrogen) atoms.